The van der Waals surface area contributed by atoms with Crippen molar-refractivity contribution in [3.8, 4) is 11.3 Å². The Labute approximate surface area is 147 Å². The molecule has 0 saturated carbocycles. The van der Waals surface area contributed by atoms with Crippen LogP contribution in [0, 0.1) is 0 Å². The number of benzene rings is 2. The van der Waals surface area contributed by atoms with E-state index in [9.17, 15) is 4.79 Å². The number of carboxylic acid groups (broad SMARTS) is 1. The molecule has 0 amide bonds. The maximum Gasteiger partial charge on any atom is 0.337 e. The highest BCUT2D eigenvalue weighted by atomic mass is 16.4. The molecular formula is C21H20N2O2. The van der Waals surface area contributed by atoms with Crippen molar-refractivity contribution in [2.24, 2.45) is 0 Å². The molecule has 2 aromatic carbocycles. The summed E-state index contributed by atoms with van der Waals surface area (Å²) in [6.07, 6.45) is 2.34. The third-order valence-electron chi connectivity index (χ3n) is 4.02. The van der Waals surface area contributed by atoms with Crippen molar-refractivity contribution >= 4 is 5.97 Å². The van der Waals surface area contributed by atoms with E-state index in [1.54, 1.807) is 12.1 Å². The number of aromatic carboxylic acids is 1. The second kappa shape index (κ2) is 8.22. The molecule has 4 nitrogen and oxygen atoms in total. The molecule has 1 aromatic heterocycles. The van der Waals surface area contributed by atoms with E-state index in [1.165, 1.54) is 17.3 Å². The van der Waals surface area contributed by atoms with Crippen LogP contribution in [0.4, 0.5) is 0 Å². The van der Waals surface area contributed by atoms with Gasteiger partial charge in [0.1, 0.15) is 0 Å². The normalized spacial score (nSPS) is 10.6. The van der Waals surface area contributed by atoms with E-state index in [0.29, 0.717) is 0 Å². The molecule has 3 rings (SSSR count). The molecule has 0 aliphatic heterocycles. The van der Waals surface area contributed by atoms with Crippen LogP contribution in [-0.4, -0.2) is 22.6 Å². The molecule has 0 bridgehead atoms. The van der Waals surface area contributed by atoms with Crippen molar-refractivity contribution in [3.05, 3.63) is 89.6 Å². The summed E-state index contributed by atoms with van der Waals surface area (Å²) in [6, 6.07) is 21.9. The summed E-state index contributed by atoms with van der Waals surface area (Å²) in [5.74, 6) is -0.961. The summed E-state index contributed by atoms with van der Waals surface area (Å²) < 4.78 is 0. The highest BCUT2D eigenvalue weighted by Crippen LogP contribution is 2.18. The van der Waals surface area contributed by atoms with Gasteiger partial charge >= 0.3 is 5.97 Å². The molecule has 0 spiro atoms. The van der Waals surface area contributed by atoms with Crippen LogP contribution < -0.4 is 5.32 Å². The van der Waals surface area contributed by atoms with Gasteiger partial charge in [-0.3, -0.25) is 4.98 Å². The van der Waals surface area contributed by atoms with E-state index < -0.39 is 5.97 Å². The molecule has 4 heteroatoms. The van der Waals surface area contributed by atoms with Crippen LogP contribution in [0.15, 0.2) is 72.9 Å². The number of hydrogen-bond donors (Lipinski definition) is 2. The smallest absolute Gasteiger partial charge is 0.337 e. The van der Waals surface area contributed by atoms with Gasteiger partial charge < -0.3 is 10.4 Å². The third-order valence-corrected chi connectivity index (χ3v) is 4.02. The Morgan fingerprint density at radius 3 is 2.32 bits per heavy atom. The molecule has 0 radical (unpaired) electrons. The standard InChI is InChI=1S/C21H20N2O2/c24-21(25)19-10-11-20(23-15-19)18-8-6-16(7-9-18)12-13-22-14-17-4-2-1-3-5-17/h1-11,15,22H,12-14H2,(H,24,25). The van der Waals surface area contributed by atoms with Crippen LogP contribution in [0.1, 0.15) is 21.5 Å². The lowest BCUT2D eigenvalue weighted by Gasteiger charge is -2.06. The van der Waals surface area contributed by atoms with Crippen molar-refractivity contribution in [3.63, 3.8) is 0 Å². The lowest BCUT2D eigenvalue weighted by atomic mass is 10.1. The van der Waals surface area contributed by atoms with Gasteiger partial charge in [-0.2, -0.15) is 0 Å². The summed E-state index contributed by atoms with van der Waals surface area (Å²) in [6.45, 7) is 1.79. The quantitative estimate of drug-likeness (QED) is 0.646. The summed E-state index contributed by atoms with van der Waals surface area (Å²) in [7, 11) is 0. The van der Waals surface area contributed by atoms with E-state index in [1.807, 2.05) is 30.3 Å². The number of carboxylic acids is 1. The van der Waals surface area contributed by atoms with Crippen LogP contribution in [0.3, 0.4) is 0 Å². The number of nitrogens with one attached hydrogen (secondary N) is 1. The molecule has 0 saturated heterocycles. The maximum atomic E-state index is 10.9. The van der Waals surface area contributed by atoms with Gasteiger partial charge in [-0.1, -0.05) is 54.6 Å². The third kappa shape index (κ3) is 4.75. The number of nitrogens with zero attached hydrogens (tertiary/aromatic N) is 1. The highest BCUT2D eigenvalue weighted by Gasteiger charge is 2.04. The summed E-state index contributed by atoms with van der Waals surface area (Å²) in [5.41, 5.74) is 4.50. The number of rotatable bonds is 7. The Hall–Kier alpha value is -2.98. The number of pyridine rings is 1. The molecule has 0 fully saturated rings. The van der Waals surface area contributed by atoms with Gasteiger partial charge in [0.2, 0.25) is 0 Å². The first-order chi connectivity index (χ1) is 12.2. The first kappa shape index (κ1) is 16.9. The largest absolute Gasteiger partial charge is 0.478 e. The maximum absolute atomic E-state index is 10.9. The topological polar surface area (TPSA) is 62.2 Å². The Morgan fingerprint density at radius 1 is 0.920 bits per heavy atom. The zero-order valence-electron chi connectivity index (χ0n) is 13.9. The summed E-state index contributed by atoms with van der Waals surface area (Å²) >= 11 is 0. The predicted molar refractivity (Wildman–Crippen MR) is 98.5 cm³/mol. The van der Waals surface area contributed by atoms with E-state index in [2.05, 4.69) is 34.6 Å². The fourth-order valence-electron chi connectivity index (χ4n) is 2.59. The van der Waals surface area contributed by atoms with Crippen molar-refractivity contribution in [2.75, 3.05) is 6.54 Å². The average Bonchev–Trinajstić information content (AvgIpc) is 2.67. The molecule has 0 atom stereocenters. The van der Waals surface area contributed by atoms with Crippen molar-refractivity contribution in [1.82, 2.24) is 10.3 Å². The lowest BCUT2D eigenvalue weighted by Crippen LogP contribution is -2.16. The molecule has 126 valence electrons. The van der Waals surface area contributed by atoms with Crippen LogP contribution >= 0.6 is 0 Å². The van der Waals surface area contributed by atoms with Crippen molar-refractivity contribution < 1.29 is 9.90 Å². The van der Waals surface area contributed by atoms with Crippen LogP contribution in [0.5, 0.6) is 0 Å². The number of carbonyl (C=O) groups is 1. The van der Waals surface area contributed by atoms with Gasteiger partial charge in [-0.25, -0.2) is 4.79 Å². The average molecular weight is 332 g/mol. The van der Waals surface area contributed by atoms with Gasteiger partial charge in [0.05, 0.1) is 11.3 Å². The Balaban J connectivity index is 1.52. The van der Waals surface area contributed by atoms with E-state index in [-0.39, 0.29) is 5.56 Å². The monoisotopic (exact) mass is 332 g/mol. The molecule has 0 aliphatic carbocycles. The SMILES string of the molecule is O=C(O)c1ccc(-c2ccc(CCNCc3ccccc3)cc2)nc1. The minimum Gasteiger partial charge on any atom is -0.478 e. The first-order valence-electron chi connectivity index (χ1n) is 8.26. The molecule has 25 heavy (non-hydrogen) atoms. The fourth-order valence-corrected chi connectivity index (χ4v) is 2.59. The second-order valence-corrected chi connectivity index (χ2v) is 5.85. The zero-order valence-corrected chi connectivity index (χ0v) is 13.9. The molecule has 2 N–H and O–H groups in total. The number of aromatic nitrogens is 1. The molecule has 3 aromatic rings. The molecule has 0 unspecified atom stereocenters. The van der Waals surface area contributed by atoms with Crippen LogP contribution in [0.2, 0.25) is 0 Å². The van der Waals surface area contributed by atoms with Crippen LogP contribution in [0.25, 0.3) is 11.3 Å². The Morgan fingerprint density at radius 2 is 1.68 bits per heavy atom. The van der Waals surface area contributed by atoms with E-state index in [4.69, 9.17) is 5.11 Å². The fraction of sp³-hybridized carbons (Fsp3) is 0.143. The van der Waals surface area contributed by atoms with Gasteiger partial charge in [-0.05, 0) is 36.2 Å². The number of hydrogen-bond acceptors (Lipinski definition) is 3. The first-order valence-corrected chi connectivity index (χ1v) is 8.26. The molecule has 1 heterocycles. The minimum atomic E-state index is -0.961. The Bertz CT molecular complexity index is 813. The van der Waals surface area contributed by atoms with Gasteiger partial charge in [-0.15, -0.1) is 0 Å². The summed E-state index contributed by atoms with van der Waals surface area (Å²) in [4.78, 5) is 15.1. The molecular weight excluding hydrogens is 312 g/mol. The lowest BCUT2D eigenvalue weighted by molar-refractivity contribution is 0.0696. The van der Waals surface area contributed by atoms with E-state index in [0.717, 1.165) is 30.8 Å². The van der Waals surface area contributed by atoms with Crippen molar-refractivity contribution in [1.29, 1.82) is 0 Å². The van der Waals surface area contributed by atoms with Gasteiger partial charge in [0.15, 0.2) is 0 Å². The molecule has 0 aliphatic rings. The van der Waals surface area contributed by atoms with Crippen LogP contribution in [-0.2, 0) is 13.0 Å². The zero-order chi connectivity index (χ0) is 17.5. The highest BCUT2D eigenvalue weighted by molar-refractivity contribution is 5.87. The van der Waals surface area contributed by atoms with E-state index >= 15 is 0 Å². The van der Waals surface area contributed by atoms with Gasteiger partial charge in [0.25, 0.3) is 0 Å². The minimum absolute atomic E-state index is 0.199. The van der Waals surface area contributed by atoms with Gasteiger partial charge in [0, 0.05) is 18.3 Å². The second-order valence-electron chi connectivity index (χ2n) is 5.85. The van der Waals surface area contributed by atoms with Crippen molar-refractivity contribution in [2.45, 2.75) is 13.0 Å². The Kier molecular flexibility index (Phi) is 5.54. The predicted octanol–water partition coefficient (Wildman–Crippen LogP) is 3.78. The summed E-state index contributed by atoms with van der Waals surface area (Å²) in [5, 5.41) is 12.4.